The summed E-state index contributed by atoms with van der Waals surface area (Å²) in [7, 11) is 0. The third-order valence-corrected chi connectivity index (χ3v) is 2.29. The van der Waals surface area contributed by atoms with Gasteiger partial charge in [-0.1, -0.05) is 13.3 Å². The number of hydrogen-bond acceptors (Lipinski definition) is 0. The lowest BCUT2D eigenvalue weighted by molar-refractivity contribution is -0.155. The van der Waals surface area contributed by atoms with Gasteiger partial charge in [-0.05, 0) is 18.3 Å². The largest absolute Gasteiger partial charge is 0.389 e. The lowest BCUT2D eigenvalue weighted by atomic mass is 9.73. The highest BCUT2D eigenvalue weighted by molar-refractivity contribution is 4.79. The van der Waals surface area contributed by atoms with E-state index in [1.54, 1.807) is 0 Å². The molecule has 0 N–H and O–H groups in total. The lowest BCUT2D eigenvalue weighted by Crippen LogP contribution is -2.28. The molecule has 0 spiro atoms. The van der Waals surface area contributed by atoms with Crippen LogP contribution in [0.3, 0.4) is 0 Å². The fourth-order valence-electron chi connectivity index (χ4n) is 1.34. The molecule has 1 rings (SSSR count). The highest BCUT2D eigenvalue weighted by Gasteiger charge is 2.37. The summed E-state index contributed by atoms with van der Waals surface area (Å²) >= 11 is 0. The normalized spacial score (nSPS) is 33.6. The van der Waals surface area contributed by atoms with Gasteiger partial charge in [-0.15, -0.1) is 0 Å². The molecule has 0 aromatic carbocycles. The highest BCUT2D eigenvalue weighted by Crippen LogP contribution is 2.41. The standard InChI is InChI=1S/C7H11F3/c1-5-2-3-6(5)4-7(8,9)10/h5-6H,2-4H2,1H3/t5-,6?/m0/s1. The van der Waals surface area contributed by atoms with Crippen molar-refractivity contribution in [1.29, 1.82) is 0 Å². The van der Waals surface area contributed by atoms with E-state index in [0.717, 1.165) is 12.8 Å². The Kier molecular flexibility index (Phi) is 1.92. The number of halogens is 3. The Morgan fingerprint density at radius 3 is 2.00 bits per heavy atom. The SMILES string of the molecule is C[C@H]1CCC1CC(F)(F)F. The summed E-state index contributed by atoms with van der Waals surface area (Å²) in [5.74, 6) is 0.210. The molecule has 0 radical (unpaired) electrons. The molecule has 1 fully saturated rings. The summed E-state index contributed by atoms with van der Waals surface area (Å²) in [6.45, 7) is 1.89. The van der Waals surface area contributed by atoms with E-state index in [1.807, 2.05) is 6.92 Å². The van der Waals surface area contributed by atoms with Crippen molar-refractivity contribution < 1.29 is 13.2 Å². The van der Waals surface area contributed by atoms with Crippen molar-refractivity contribution in [3.63, 3.8) is 0 Å². The monoisotopic (exact) mass is 152 g/mol. The topological polar surface area (TPSA) is 0 Å². The van der Waals surface area contributed by atoms with Gasteiger partial charge < -0.3 is 0 Å². The first-order valence-electron chi connectivity index (χ1n) is 3.56. The van der Waals surface area contributed by atoms with Crippen LogP contribution in [-0.2, 0) is 0 Å². The molecule has 0 aromatic heterocycles. The molecule has 60 valence electrons. The molecule has 0 heterocycles. The molecule has 0 amide bonds. The quantitative estimate of drug-likeness (QED) is 0.541. The first-order valence-corrected chi connectivity index (χ1v) is 3.56. The molecular weight excluding hydrogens is 141 g/mol. The van der Waals surface area contributed by atoms with Crippen LogP contribution in [0.2, 0.25) is 0 Å². The minimum atomic E-state index is -3.95. The predicted octanol–water partition coefficient (Wildman–Crippen LogP) is 2.98. The molecule has 2 atom stereocenters. The molecule has 10 heavy (non-hydrogen) atoms. The van der Waals surface area contributed by atoms with E-state index in [1.165, 1.54) is 0 Å². The van der Waals surface area contributed by atoms with Gasteiger partial charge in [0.25, 0.3) is 0 Å². The Morgan fingerprint density at radius 1 is 1.30 bits per heavy atom. The van der Waals surface area contributed by atoms with Gasteiger partial charge in [-0.25, -0.2) is 0 Å². The molecule has 0 nitrogen and oxygen atoms in total. The van der Waals surface area contributed by atoms with Gasteiger partial charge in [0.1, 0.15) is 0 Å². The third-order valence-electron chi connectivity index (χ3n) is 2.29. The summed E-state index contributed by atoms with van der Waals surface area (Å²) in [4.78, 5) is 0. The highest BCUT2D eigenvalue weighted by atomic mass is 19.4. The zero-order valence-electron chi connectivity index (χ0n) is 5.91. The molecule has 1 saturated carbocycles. The van der Waals surface area contributed by atoms with Crippen molar-refractivity contribution in [2.24, 2.45) is 11.8 Å². The van der Waals surface area contributed by atoms with Crippen molar-refractivity contribution in [1.82, 2.24) is 0 Å². The molecule has 0 aromatic rings. The Hall–Kier alpha value is -0.210. The van der Waals surface area contributed by atoms with Crippen LogP contribution in [0.4, 0.5) is 13.2 Å². The molecule has 1 aliphatic carbocycles. The fourth-order valence-corrected chi connectivity index (χ4v) is 1.34. The Bertz CT molecular complexity index is 117. The molecule has 3 heteroatoms. The van der Waals surface area contributed by atoms with Gasteiger partial charge in [0.2, 0.25) is 0 Å². The van der Waals surface area contributed by atoms with Crippen molar-refractivity contribution in [3.8, 4) is 0 Å². The lowest BCUT2D eigenvalue weighted by Gasteiger charge is -2.34. The van der Waals surface area contributed by atoms with Gasteiger partial charge in [0.05, 0.1) is 0 Å². The van der Waals surface area contributed by atoms with Gasteiger partial charge in [-0.2, -0.15) is 13.2 Å². The summed E-state index contributed by atoms with van der Waals surface area (Å²) in [6, 6.07) is 0. The number of hydrogen-bond donors (Lipinski definition) is 0. The molecule has 1 aliphatic rings. The predicted molar refractivity (Wildman–Crippen MR) is 32.6 cm³/mol. The van der Waals surface area contributed by atoms with Crippen LogP contribution in [0.5, 0.6) is 0 Å². The molecule has 0 bridgehead atoms. The average molecular weight is 152 g/mol. The Balaban J connectivity index is 2.26. The Labute approximate surface area is 58.4 Å². The number of alkyl halides is 3. The fraction of sp³-hybridized carbons (Fsp3) is 1.00. The van der Waals surface area contributed by atoms with Crippen LogP contribution >= 0.6 is 0 Å². The van der Waals surface area contributed by atoms with E-state index < -0.39 is 12.6 Å². The van der Waals surface area contributed by atoms with E-state index in [2.05, 4.69) is 0 Å². The van der Waals surface area contributed by atoms with E-state index in [-0.39, 0.29) is 5.92 Å². The summed E-state index contributed by atoms with van der Waals surface area (Å²) in [5.41, 5.74) is 0. The minimum Gasteiger partial charge on any atom is -0.171 e. The van der Waals surface area contributed by atoms with Crippen molar-refractivity contribution in [3.05, 3.63) is 0 Å². The first-order chi connectivity index (χ1) is 4.49. The van der Waals surface area contributed by atoms with Crippen LogP contribution in [0.1, 0.15) is 26.2 Å². The minimum absolute atomic E-state index is 0.0833. The number of rotatable bonds is 1. The maximum Gasteiger partial charge on any atom is 0.389 e. The van der Waals surface area contributed by atoms with Gasteiger partial charge in [0.15, 0.2) is 0 Å². The second kappa shape index (κ2) is 2.44. The van der Waals surface area contributed by atoms with Gasteiger partial charge in [0, 0.05) is 6.42 Å². The van der Waals surface area contributed by atoms with Crippen molar-refractivity contribution >= 4 is 0 Å². The van der Waals surface area contributed by atoms with E-state index >= 15 is 0 Å². The van der Waals surface area contributed by atoms with Gasteiger partial charge in [-0.3, -0.25) is 0 Å². The summed E-state index contributed by atoms with van der Waals surface area (Å²) in [6.07, 6.45) is -2.78. The van der Waals surface area contributed by atoms with Crippen LogP contribution in [0.25, 0.3) is 0 Å². The average Bonchev–Trinajstić information content (AvgIpc) is 1.78. The third kappa shape index (κ3) is 1.89. The van der Waals surface area contributed by atoms with Crippen LogP contribution in [0.15, 0.2) is 0 Å². The van der Waals surface area contributed by atoms with Crippen molar-refractivity contribution in [2.45, 2.75) is 32.4 Å². The van der Waals surface area contributed by atoms with Crippen LogP contribution in [0, 0.1) is 11.8 Å². The zero-order chi connectivity index (χ0) is 7.78. The maximum atomic E-state index is 11.7. The van der Waals surface area contributed by atoms with Crippen molar-refractivity contribution in [2.75, 3.05) is 0 Å². The van der Waals surface area contributed by atoms with Gasteiger partial charge >= 0.3 is 6.18 Å². The first kappa shape index (κ1) is 7.89. The zero-order valence-corrected chi connectivity index (χ0v) is 5.91. The van der Waals surface area contributed by atoms with Crippen LogP contribution in [-0.4, -0.2) is 6.18 Å². The van der Waals surface area contributed by atoms with E-state index in [4.69, 9.17) is 0 Å². The second-order valence-corrected chi connectivity index (χ2v) is 3.13. The van der Waals surface area contributed by atoms with Crippen LogP contribution < -0.4 is 0 Å². The molecule has 0 saturated heterocycles. The van der Waals surface area contributed by atoms with E-state index in [0.29, 0.717) is 5.92 Å². The molecule has 1 unspecified atom stereocenters. The summed E-state index contributed by atoms with van der Waals surface area (Å²) in [5, 5.41) is 0. The molecule has 0 aliphatic heterocycles. The summed E-state index contributed by atoms with van der Waals surface area (Å²) < 4.78 is 35.1. The molecular formula is C7H11F3. The Morgan fingerprint density at radius 2 is 1.90 bits per heavy atom. The van der Waals surface area contributed by atoms with E-state index in [9.17, 15) is 13.2 Å². The maximum absolute atomic E-state index is 11.7. The smallest absolute Gasteiger partial charge is 0.171 e. The second-order valence-electron chi connectivity index (χ2n) is 3.13.